The zero-order valence-electron chi connectivity index (χ0n) is 11.3. The Morgan fingerprint density at radius 3 is 2.33 bits per heavy atom. The van der Waals surface area contributed by atoms with Crippen molar-refractivity contribution in [3.05, 3.63) is 0 Å². The van der Waals surface area contributed by atoms with E-state index < -0.39 is 23.3 Å². The molecule has 4 N–H and O–H groups in total. The average Bonchev–Trinajstić information content (AvgIpc) is 2.47. The summed E-state index contributed by atoms with van der Waals surface area (Å²) < 4.78 is 0. The summed E-state index contributed by atoms with van der Waals surface area (Å²) in [6.07, 6.45) is 1.34. The molecule has 2 amide bonds. The van der Waals surface area contributed by atoms with Crippen LogP contribution in [0.3, 0.4) is 0 Å². The fourth-order valence-corrected chi connectivity index (χ4v) is 2.84. The zero-order valence-corrected chi connectivity index (χ0v) is 11.3. The van der Waals surface area contributed by atoms with Crippen molar-refractivity contribution in [1.82, 2.24) is 5.43 Å². The summed E-state index contributed by atoms with van der Waals surface area (Å²) >= 11 is 0. The number of carbonyl (C=O) groups is 2. The normalized spacial score (nSPS) is 31.1. The van der Waals surface area contributed by atoms with Crippen LogP contribution < -0.4 is 11.2 Å². The highest BCUT2D eigenvalue weighted by Crippen LogP contribution is 2.56. The van der Waals surface area contributed by atoms with Gasteiger partial charge in [-0.2, -0.15) is 5.10 Å². The number of hydrogen-bond donors (Lipinski definition) is 3. The highest BCUT2D eigenvalue weighted by Gasteiger charge is 2.55. The summed E-state index contributed by atoms with van der Waals surface area (Å²) in [5.41, 5.74) is 7.10. The predicted molar refractivity (Wildman–Crippen MR) is 68.1 cm³/mol. The molecule has 0 unspecified atom stereocenters. The molecule has 1 fully saturated rings. The van der Waals surface area contributed by atoms with E-state index in [0.29, 0.717) is 12.1 Å². The lowest BCUT2D eigenvalue weighted by molar-refractivity contribution is -0.145. The van der Waals surface area contributed by atoms with E-state index in [-0.39, 0.29) is 5.41 Å². The van der Waals surface area contributed by atoms with E-state index in [9.17, 15) is 14.7 Å². The molecule has 0 aromatic carbocycles. The second kappa shape index (κ2) is 4.59. The number of nitrogens with two attached hydrogens (primary N) is 1. The second-order valence-corrected chi connectivity index (χ2v) is 5.66. The number of nitrogens with zero attached hydrogens (tertiary/aromatic N) is 1. The van der Waals surface area contributed by atoms with Gasteiger partial charge < -0.3 is 10.8 Å². The molecule has 0 aliphatic heterocycles. The molecule has 0 saturated heterocycles. The van der Waals surface area contributed by atoms with Crippen molar-refractivity contribution in [2.24, 2.45) is 27.6 Å². The number of nitrogens with one attached hydrogen (secondary N) is 1. The summed E-state index contributed by atoms with van der Waals surface area (Å²) in [4.78, 5) is 21.9. The highest BCUT2D eigenvalue weighted by molar-refractivity contribution is 5.91. The van der Waals surface area contributed by atoms with Gasteiger partial charge in [-0.15, -0.1) is 0 Å². The van der Waals surface area contributed by atoms with Gasteiger partial charge in [-0.1, -0.05) is 20.8 Å². The Morgan fingerprint density at radius 2 is 1.94 bits per heavy atom. The number of amides is 2. The zero-order chi connectivity index (χ0) is 14.1. The maximum absolute atomic E-state index is 11.3. The smallest absolute Gasteiger partial charge is 0.332 e. The molecule has 0 radical (unpaired) electrons. The van der Waals surface area contributed by atoms with Gasteiger partial charge in [0.15, 0.2) is 0 Å². The third-order valence-electron chi connectivity index (χ3n) is 4.66. The molecule has 1 rings (SSSR count). The van der Waals surface area contributed by atoms with E-state index >= 15 is 0 Å². The quantitative estimate of drug-likeness (QED) is 0.526. The van der Waals surface area contributed by atoms with Crippen LogP contribution in [0.4, 0.5) is 4.79 Å². The fourth-order valence-electron chi connectivity index (χ4n) is 2.84. The molecule has 0 spiro atoms. The summed E-state index contributed by atoms with van der Waals surface area (Å²) in [7, 11) is 0. The van der Waals surface area contributed by atoms with Crippen LogP contribution in [-0.2, 0) is 4.79 Å². The number of hydrazone groups is 1. The lowest BCUT2D eigenvalue weighted by Crippen LogP contribution is -2.42. The average molecular weight is 255 g/mol. The molecule has 102 valence electrons. The molecule has 6 nitrogen and oxygen atoms in total. The largest absolute Gasteiger partial charge is 0.481 e. The van der Waals surface area contributed by atoms with Gasteiger partial charge >= 0.3 is 12.0 Å². The van der Waals surface area contributed by atoms with E-state index in [4.69, 9.17) is 5.73 Å². The number of hydrogen-bond acceptors (Lipinski definition) is 3. The number of rotatable bonds is 3. The van der Waals surface area contributed by atoms with E-state index in [1.165, 1.54) is 0 Å². The van der Waals surface area contributed by atoms with Crippen molar-refractivity contribution < 1.29 is 14.7 Å². The predicted octanol–water partition coefficient (Wildman–Crippen LogP) is 1.56. The molecule has 18 heavy (non-hydrogen) atoms. The number of urea groups is 1. The van der Waals surface area contributed by atoms with E-state index in [1.54, 1.807) is 6.92 Å². The Kier molecular flexibility index (Phi) is 3.69. The SMILES string of the molecule is CC(=NNC(N)=O)[C@@]1(C)CC[C@H](C(=O)O)C1(C)C. The van der Waals surface area contributed by atoms with Gasteiger partial charge in [-0.3, -0.25) is 4.79 Å². The lowest BCUT2D eigenvalue weighted by Gasteiger charge is -2.40. The van der Waals surface area contributed by atoms with Crippen molar-refractivity contribution in [3.63, 3.8) is 0 Å². The van der Waals surface area contributed by atoms with Crippen LogP contribution in [0.5, 0.6) is 0 Å². The van der Waals surface area contributed by atoms with Gasteiger partial charge in [0.25, 0.3) is 0 Å². The summed E-state index contributed by atoms with van der Waals surface area (Å²) in [6, 6.07) is -0.719. The van der Waals surface area contributed by atoms with Crippen LogP contribution in [0, 0.1) is 16.7 Å². The lowest BCUT2D eigenvalue weighted by atomic mass is 9.63. The summed E-state index contributed by atoms with van der Waals surface area (Å²) in [5.74, 6) is -1.18. The fraction of sp³-hybridized carbons (Fsp3) is 0.750. The molecule has 1 aliphatic rings. The molecule has 1 saturated carbocycles. The standard InChI is InChI=1S/C12H21N3O3/c1-7(14-15-10(13)18)12(4)6-5-8(9(16)17)11(12,2)3/h8H,5-6H2,1-4H3,(H,16,17)(H3,13,15,18)/t8-,12-/m1/s1. The first-order chi connectivity index (χ1) is 8.13. The van der Waals surface area contributed by atoms with Crippen LogP contribution in [0.1, 0.15) is 40.5 Å². The molecule has 6 heteroatoms. The van der Waals surface area contributed by atoms with Gasteiger partial charge in [0.05, 0.1) is 5.92 Å². The minimum absolute atomic E-state index is 0.363. The molecule has 0 heterocycles. The van der Waals surface area contributed by atoms with Crippen molar-refractivity contribution in [1.29, 1.82) is 0 Å². The third-order valence-corrected chi connectivity index (χ3v) is 4.66. The molecule has 0 aromatic heterocycles. The Balaban J connectivity index is 3.04. The van der Waals surface area contributed by atoms with E-state index in [0.717, 1.165) is 6.42 Å². The van der Waals surface area contributed by atoms with Gasteiger partial charge in [-0.05, 0) is 25.2 Å². The summed E-state index contributed by atoms with van der Waals surface area (Å²) in [6.45, 7) is 7.64. The van der Waals surface area contributed by atoms with Crippen LogP contribution in [0.15, 0.2) is 5.10 Å². The number of carboxylic acids is 1. The molecule has 2 atom stereocenters. The van der Waals surface area contributed by atoms with Gasteiger partial charge in [-0.25, -0.2) is 10.2 Å². The molecular formula is C12H21N3O3. The maximum Gasteiger partial charge on any atom is 0.332 e. The molecule has 0 bridgehead atoms. The number of aliphatic carboxylic acids is 1. The first-order valence-corrected chi connectivity index (χ1v) is 5.96. The van der Waals surface area contributed by atoms with Crippen LogP contribution in [-0.4, -0.2) is 22.8 Å². The van der Waals surface area contributed by atoms with Gasteiger partial charge in [0.2, 0.25) is 0 Å². The molecule has 0 aromatic rings. The minimum atomic E-state index is -0.778. The topological polar surface area (TPSA) is 105 Å². The van der Waals surface area contributed by atoms with Gasteiger partial charge in [0, 0.05) is 11.1 Å². The van der Waals surface area contributed by atoms with Crippen LogP contribution >= 0.6 is 0 Å². The van der Waals surface area contributed by atoms with Gasteiger partial charge in [0.1, 0.15) is 0 Å². The van der Waals surface area contributed by atoms with E-state index in [2.05, 4.69) is 10.5 Å². The Labute approximate surface area is 107 Å². The highest BCUT2D eigenvalue weighted by atomic mass is 16.4. The van der Waals surface area contributed by atoms with Crippen molar-refractivity contribution in [2.45, 2.75) is 40.5 Å². The first kappa shape index (κ1) is 14.5. The summed E-state index contributed by atoms with van der Waals surface area (Å²) in [5, 5.41) is 13.2. The number of carbonyl (C=O) groups excluding carboxylic acids is 1. The van der Waals surface area contributed by atoms with Crippen LogP contribution in [0.2, 0.25) is 0 Å². The van der Waals surface area contributed by atoms with Crippen molar-refractivity contribution >= 4 is 17.7 Å². The van der Waals surface area contributed by atoms with Crippen LogP contribution in [0.25, 0.3) is 0 Å². The van der Waals surface area contributed by atoms with Crippen molar-refractivity contribution in [3.8, 4) is 0 Å². The minimum Gasteiger partial charge on any atom is -0.481 e. The van der Waals surface area contributed by atoms with E-state index in [1.807, 2.05) is 20.8 Å². The molecule has 1 aliphatic carbocycles. The molecular weight excluding hydrogens is 234 g/mol. The number of carboxylic acid groups (broad SMARTS) is 1. The second-order valence-electron chi connectivity index (χ2n) is 5.66. The first-order valence-electron chi connectivity index (χ1n) is 5.96. The Bertz CT molecular complexity index is 403. The number of primary amides is 1. The Hall–Kier alpha value is -1.59. The Morgan fingerprint density at radius 1 is 1.39 bits per heavy atom. The third kappa shape index (κ3) is 2.19. The van der Waals surface area contributed by atoms with Crippen molar-refractivity contribution in [2.75, 3.05) is 0 Å². The monoisotopic (exact) mass is 255 g/mol. The maximum atomic E-state index is 11.3.